The van der Waals surface area contributed by atoms with Gasteiger partial charge in [0.2, 0.25) is 0 Å². The Balaban J connectivity index is 1.58. The third-order valence-electron chi connectivity index (χ3n) is 4.65. The lowest BCUT2D eigenvalue weighted by molar-refractivity contribution is 0.0160. The number of aryl methyl sites for hydroxylation is 2. The largest absolute Gasteiger partial charge is 0.367 e. The second-order valence-electron chi connectivity index (χ2n) is 6.08. The third kappa shape index (κ3) is 2.19. The molecule has 4 nitrogen and oxygen atoms in total. The van der Waals surface area contributed by atoms with E-state index in [1.165, 1.54) is 16.8 Å². The van der Waals surface area contributed by atoms with E-state index in [9.17, 15) is 0 Å². The second-order valence-corrected chi connectivity index (χ2v) is 6.08. The Morgan fingerprint density at radius 2 is 2.14 bits per heavy atom. The third-order valence-corrected chi connectivity index (χ3v) is 4.65. The van der Waals surface area contributed by atoms with Crippen LogP contribution in [0.3, 0.4) is 0 Å². The van der Waals surface area contributed by atoms with Gasteiger partial charge in [-0.2, -0.15) is 5.10 Å². The Bertz CT molecular complexity index is 647. The molecule has 110 valence electrons. The summed E-state index contributed by atoms with van der Waals surface area (Å²) in [7, 11) is 0. The fourth-order valence-corrected chi connectivity index (χ4v) is 3.47. The van der Waals surface area contributed by atoms with Gasteiger partial charge in [0, 0.05) is 18.8 Å². The molecule has 3 heterocycles. The van der Waals surface area contributed by atoms with Crippen molar-refractivity contribution >= 4 is 0 Å². The normalized spacial score (nSPS) is 27.4. The van der Waals surface area contributed by atoms with Crippen LogP contribution in [0.4, 0.5) is 0 Å². The summed E-state index contributed by atoms with van der Waals surface area (Å²) >= 11 is 0. The molecular weight excluding hydrogens is 262 g/mol. The number of morpholine rings is 1. The molecule has 2 aliphatic rings. The summed E-state index contributed by atoms with van der Waals surface area (Å²) in [5.41, 5.74) is 4.79. The van der Waals surface area contributed by atoms with Crippen LogP contribution in [0.2, 0.25) is 0 Å². The van der Waals surface area contributed by atoms with Crippen LogP contribution in [0.5, 0.6) is 0 Å². The lowest BCUT2D eigenvalue weighted by Gasteiger charge is -2.23. The van der Waals surface area contributed by atoms with Gasteiger partial charge >= 0.3 is 0 Å². The van der Waals surface area contributed by atoms with E-state index < -0.39 is 0 Å². The maximum atomic E-state index is 6.05. The van der Waals surface area contributed by atoms with Crippen LogP contribution in [0.1, 0.15) is 36.3 Å². The zero-order valence-electron chi connectivity index (χ0n) is 12.5. The number of rotatable bonds is 3. The van der Waals surface area contributed by atoms with Crippen LogP contribution >= 0.6 is 0 Å². The van der Waals surface area contributed by atoms with E-state index >= 15 is 0 Å². The first-order chi connectivity index (χ1) is 10.2. The summed E-state index contributed by atoms with van der Waals surface area (Å²) in [4.78, 5) is 0. The van der Waals surface area contributed by atoms with Gasteiger partial charge in [-0.3, -0.25) is 0 Å². The fourth-order valence-electron chi connectivity index (χ4n) is 3.47. The molecule has 1 aromatic carbocycles. The fraction of sp³-hybridized carbons (Fsp3) is 0.471. The van der Waals surface area contributed by atoms with Crippen LogP contribution in [-0.2, 0) is 11.2 Å². The van der Waals surface area contributed by atoms with Gasteiger partial charge in [0.05, 0.1) is 23.6 Å². The minimum absolute atomic E-state index is 0.211. The van der Waals surface area contributed by atoms with Crippen LogP contribution in [0, 0.1) is 6.92 Å². The van der Waals surface area contributed by atoms with Gasteiger partial charge in [-0.05, 0) is 43.0 Å². The smallest absolute Gasteiger partial charge is 0.0983 e. The van der Waals surface area contributed by atoms with Crippen molar-refractivity contribution in [2.45, 2.75) is 44.9 Å². The molecule has 4 rings (SSSR count). The van der Waals surface area contributed by atoms with Crippen molar-refractivity contribution in [2.24, 2.45) is 0 Å². The number of nitrogens with one attached hydrogen (secondary N) is 1. The number of aromatic nitrogens is 2. The Morgan fingerprint density at radius 1 is 1.33 bits per heavy atom. The molecule has 0 saturated carbocycles. The molecule has 0 amide bonds. The molecule has 4 heteroatoms. The van der Waals surface area contributed by atoms with E-state index in [-0.39, 0.29) is 6.10 Å². The summed E-state index contributed by atoms with van der Waals surface area (Å²) in [5, 5.41) is 8.16. The molecule has 0 aliphatic carbocycles. The van der Waals surface area contributed by atoms with Crippen LogP contribution in [0.25, 0.3) is 5.69 Å². The van der Waals surface area contributed by atoms with Gasteiger partial charge in [-0.15, -0.1) is 0 Å². The molecule has 21 heavy (non-hydrogen) atoms. The number of fused-ring (bicyclic) bond motifs is 2. The maximum Gasteiger partial charge on any atom is 0.0983 e. The number of hydrogen-bond acceptors (Lipinski definition) is 3. The second kappa shape index (κ2) is 4.97. The Hall–Kier alpha value is -1.65. The lowest BCUT2D eigenvalue weighted by atomic mass is 10.0. The minimum Gasteiger partial charge on any atom is -0.367 e. The highest BCUT2D eigenvalue weighted by molar-refractivity contribution is 5.37. The summed E-state index contributed by atoms with van der Waals surface area (Å²) in [6, 6.07) is 9.10. The lowest BCUT2D eigenvalue weighted by Crippen LogP contribution is -2.33. The van der Waals surface area contributed by atoms with Crippen LogP contribution in [0.15, 0.2) is 30.5 Å². The molecule has 2 aromatic rings. The summed E-state index contributed by atoms with van der Waals surface area (Å²) in [5.74, 6) is 0. The van der Waals surface area contributed by atoms with Gasteiger partial charge in [0.1, 0.15) is 0 Å². The van der Waals surface area contributed by atoms with E-state index in [1.807, 2.05) is 4.68 Å². The van der Waals surface area contributed by atoms with Crippen molar-refractivity contribution in [1.29, 1.82) is 0 Å². The van der Waals surface area contributed by atoms with E-state index in [0.29, 0.717) is 12.1 Å². The van der Waals surface area contributed by atoms with E-state index in [1.54, 1.807) is 0 Å². The van der Waals surface area contributed by atoms with Gasteiger partial charge in [-0.25, -0.2) is 4.68 Å². The molecule has 2 bridgehead atoms. The molecule has 0 spiro atoms. The van der Waals surface area contributed by atoms with Crippen molar-refractivity contribution < 1.29 is 4.74 Å². The molecular formula is C17H21N3O. The van der Waals surface area contributed by atoms with Crippen LogP contribution < -0.4 is 5.32 Å². The predicted octanol–water partition coefficient (Wildman–Crippen LogP) is 2.54. The molecule has 1 aromatic heterocycles. The van der Waals surface area contributed by atoms with Gasteiger partial charge in [0.15, 0.2) is 0 Å². The average Bonchev–Trinajstić information content (AvgIpc) is 3.22. The summed E-state index contributed by atoms with van der Waals surface area (Å²) in [6.07, 6.45) is 4.83. The van der Waals surface area contributed by atoms with Gasteiger partial charge < -0.3 is 10.1 Å². The highest BCUT2D eigenvalue weighted by atomic mass is 16.5. The molecule has 0 unspecified atom stereocenters. The molecule has 1 N–H and O–H groups in total. The number of benzene rings is 1. The molecule has 2 saturated heterocycles. The number of ether oxygens (including phenoxy) is 1. The summed E-state index contributed by atoms with van der Waals surface area (Å²) in [6.45, 7) is 5.26. The van der Waals surface area contributed by atoms with E-state index in [4.69, 9.17) is 4.74 Å². The maximum absolute atomic E-state index is 6.05. The molecule has 2 aliphatic heterocycles. The zero-order valence-corrected chi connectivity index (χ0v) is 12.5. The highest BCUT2D eigenvalue weighted by Crippen LogP contribution is 2.36. The first-order valence-corrected chi connectivity index (χ1v) is 7.79. The van der Waals surface area contributed by atoms with Crippen molar-refractivity contribution in [2.75, 3.05) is 6.54 Å². The number of hydrogen-bond donors (Lipinski definition) is 1. The van der Waals surface area contributed by atoms with Crippen molar-refractivity contribution in [3.63, 3.8) is 0 Å². The quantitative estimate of drug-likeness (QED) is 0.941. The zero-order chi connectivity index (χ0) is 14.4. The van der Waals surface area contributed by atoms with E-state index in [0.717, 1.165) is 25.1 Å². The van der Waals surface area contributed by atoms with Gasteiger partial charge in [0.25, 0.3) is 0 Å². The van der Waals surface area contributed by atoms with Crippen molar-refractivity contribution in [3.05, 3.63) is 47.3 Å². The minimum atomic E-state index is 0.211. The Kier molecular flexibility index (Phi) is 3.08. The highest BCUT2D eigenvalue weighted by Gasteiger charge is 2.41. The van der Waals surface area contributed by atoms with Crippen LogP contribution in [-0.4, -0.2) is 28.5 Å². The standard InChI is InChI=1S/C17H21N3O/c1-3-15-11(2)10-20(19-15)13-6-4-12(5-7-13)17-16-8-14(21-17)9-18-16/h4-7,10,14,16-18H,3,8-9H2,1-2H3/t14-,16-,17+/m0/s1. The molecule has 2 fully saturated rings. The van der Waals surface area contributed by atoms with E-state index in [2.05, 4.69) is 54.7 Å². The van der Waals surface area contributed by atoms with Gasteiger partial charge in [-0.1, -0.05) is 19.1 Å². The first kappa shape index (κ1) is 13.0. The Labute approximate surface area is 125 Å². The topological polar surface area (TPSA) is 39.1 Å². The number of nitrogens with zero attached hydrogens (tertiary/aromatic N) is 2. The van der Waals surface area contributed by atoms with Crippen molar-refractivity contribution in [1.82, 2.24) is 15.1 Å². The molecule has 3 atom stereocenters. The Morgan fingerprint density at radius 3 is 2.71 bits per heavy atom. The summed E-state index contributed by atoms with van der Waals surface area (Å²) < 4.78 is 8.02. The first-order valence-electron chi connectivity index (χ1n) is 7.79. The molecule has 0 radical (unpaired) electrons. The monoisotopic (exact) mass is 283 g/mol. The average molecular weight is 283 g/mol. The van der Waals surface area contributed by atoms with Crippen molar-refractivity contribution in [3.8, 4) is 5.69 Å². The SMILES string of the molecule is CCc1nn(-c2ccc([C@H]3O[C@@H]4CN[C@H]3C4)cc2)cc1C. The predicted molar refractivity (Wildman–Crippen MR) is 81.7 cm³/mol.